The van der Waals surface area contributed by atoms with Crippen LogP contribution in [0.1, 0.15) is 11.7 Å². The van der Waals surface area contributed by atoms with Crippen LogP contribution in [0.25, 0.3) is 11.3 Å². The number of hydrogen-bond acceptors (Lipinski definition) is 3. The zero-order valence-corrected chi connectivity index (χ0v) is 13.3. The first-order valence-corrected chi connectivity index (χ1v) is 7.69. The van der Waals surface area contributed by atoms with Gasteiger partial charge in [0.2, 0.25) is 0 Å². The fourth-order valence-electron chi connectivity index (χ4n) is 2.38. The van der Waals surface area contributed by atoms with Crippen LogP contribution in [0.5, 0.6) is 0 Å². The molecule has 2 aromatic carbocycles. The molecule has 0 radical (unpaired) electrons. The Morgan fingerprint density at radius 1 is 1.12 bits per heavy atom. The lowest BCUT2D eigenvalue weighted by Crippen LogP contribution is -2.25. The Morgan fingerprint density at radius 3 is 2.67 bits per heavy atom. The molecule has 122 valence electrons. The van der Waals surface area contributed by atoms with Crippen molar-refractivity contribution in [2.45, 2.75) is 12.6 Å². The molecular formula is C18H14ClFN2O2. The monoisotopic (exact) mass is 344 g/mol. The minimum absolute atomic E-state index is 0.0541. The lowest BCUT2D eigenvalue weighted by molar-refractivity contribution is 0.149. The number of halogens is 2. The van der Waals surface area contributed by atoms with Crippen molar-refractivity contribution < 1.29 is 9.50 Å². The SMILES string of the molecule is O=c1ccc(-c2ccccc2F)nn1CC(O)c1cccc(Cl)c1. The topological polar surface area (TPSA) is 55.1 Å². The Labute approximate surface area is 142 Å². The van der Waals surface area contributed by atoms with Crippen LogP contribution >= 0.6 is 11.6 Å². The van der Waals surface area contributed by atoms with Gasteiger partial charge in [0.1, 0.15) is 5.82 Å². The third kappa shape index (κ3) is 3.53. The number of aliphatic hydroxyl groups excluding tert-OH is 1. The molecule has 1 atom stereocenters. The van der Waals surface area contributed by atoms with Crippen LogP contribution in [0.4, 0.5) is 4.39 Å². The molecule has 0 aliphatic rings. The lowest BCUT2D eigenvalue weighted by atomic mass is 10.1. The first-order chi connectivity index (χ1) is 11.5. The van der Waals surface area contributed by atoms with Gasteiger partial charge in [0.05, 0.1) is 18.3 Å². The summed E-state index contributed by atoms with van der Waals surface area (Å²) in [5.41, 5.74) is 0.818. The van der Waals surface area contributed by atoms with E-state index in [-0.39, 0.29) is 12.1 Å². The van der Waals surface area contributed by atoms with E-state index in [9.17, 15) is 14.3 Å². The predicted octanol–water partition coefficient (Wildman–Crippen LogP) is 3.44. The molecule has 6 heteroatoms. The van der Waals surface area contributed by atoms with Gasteiger partial charge in [0.15, 0.2) is 0 Å². The molecule has 1 heterocycles. The summed E-state index contributed by atoms with van der Waals surface area (Å²) in [4.78, 5) is 12.0. The molecule has 1 aromatic heterocycles. The summed E-state index contributed by atoms with van der Waals surface area (Å²) in [5.74, 6) is -0.425. The van der Waals surface area contributed by atoms with E-state index in [0.29, 0.717) is 21.8 Å². The third-order valence-corrected chi connectivity index (χ3v) is 3.83. The van der Waals surface area contributed by atoms with E-state index in [4.69, 9.17) is 11.6 Å². The van der Waals surface area contributed by atoms with Crippen molar-refractivity contribution in [3.8, 4) is 11.3 Å². The molecular weight excluding hydrogens is 331 g/mol. The van der Waals surface area contributed by atoms with Crippen molar-refractivity contribution >= 4 is 11.6 Å². The summed E-state index contributed by atoms with van der Waals surface area (Å²) in [6.07, 6.45) is -0.954. The number of nitrogens with zero attached hydrogens (tertiary/aromatic N) is 2. The number of rotatable bonds is 4. The van der Waals surface area contributed by atoms with Crippen molar-refractivity contribution in [1.29, 1.82) is 0 Å². The van der Waals surface area contributed by atoms with Crippen LogP contribution in [0.15, 0.2) is 65.5 Å². The lowest BCUT2D eigenvalue weighted by Gasteiger charge is -2.13. The molecule has 0 bridgehead atoms. The fraction of sp³-hybridized carbons (Fsp3) is 0.111. The van der Waals surface area contributed by atoms with Crippen molar-refractivity contribution in [1.82, 2.24) is 9.78 Å². The molecule has 0 saturated carbocycles. The molecule has 3 aromatic rings. The van der Waals surface area contributed by atoms with Gasteiger partial charge in [-0.2, -0.15) is 5.10 Å². The molecule has 4 nitrogen and oxygen atoms in total. The third-order valence-electron chi connectivity index (χ3n) is 3.60. The van der Waals surface area contributed by atoms with Gasteiger partial charge in [-0.05, 0) is 35.9 Å². The Kier molecular flexibility index (Phi) is 4.74. The number of hydrogen-bond donors (Lipinski definition) is 1. The van der Waals surface area contributed by atoms with Crippen LogP contribution in [0, 0.1) is 5.82 Å². The zero-order valence-electron chi connectivity index (χ0n) is 12.6. The number of aliphatic hydroxyl groups is 1. The van der Waals surface area contributed by atoms with E-state index in [2.05, 4.69) is 5.10 Å². The summed E-state index contributed by atoms with van der Waals surface area (Å²) in [7, 11) is 0. The smallest absolute Gasteiger partial charge is 0.266 e. The Morgan fingerprint density at radius 2 is 1.92 bits per heavy atom. The highest BCUT2D eigenvalue weighted by atomic mass is 35.5. The van der Waals surface area contributed by atoms with Crippen molar-refractivity contribution in [2.24, 2.45) is 0 Å². The second kappa shape index (κ2) is 6.95. The first kappa shape index (κ1) is 16.4. The highest BCUT2D eigenvalue weighted by Gasteiger charge is 2.13. The Hall–Kier alpha value is -2.50. The van der Waals surface area contributed by atoms with Gasteiger partial charge in [-0.1, -0.05) is 35.9 Å². The average molecular weight is 345 g/mol. The van der Waals surface area contributed by atoms with Crippen molar-refractivity contribution in [2.75, 3.05) is 0 Å². The minimum atomic E-state index is -0.954. The summed E-state index contributed by atoms with van der Waals surface area (Å²) in [6, 6.07) is 15.7. The standard InChI is InChI=1S/C18H14ClFN2O2/c19-13-5-3-4-12(10-13)17(23)11-22-18(24)9-8-16(21-22)14-6-1-2-7-15(14)20/h1-10,17,23H,11H2. The summed E-state index contributed by atoms with van der Waals surface area (Å²) < 4.78 is 15.0. The van der Waals surface area contributed by atoms with Gasteiger partial charge in [0.25, 0.3) is 5.56 Å². The Balaban J connectivity index is 1.93. The summed E-state index contributed by atoms with van der Waals surface area (Å²) >= 11 is 5.91. The van der Waals surface area contributed by atoms with Crippen molar-refractivity contribution in [3.63, 3.8) is 0 Å². The quantitative estimate of drug-likeness (QED) is 0.788. The van der Waals surface area contributed by atoms with Crippen LogP contribution in [-0.2, 0) is 6.54 Å². The maximum absolute atomic E-state index is 13.9. The van der Waals surface area contributed by atoms with Gasteiger partial charge in [0, 0.05) is 16.7 Å². The maximum atomic E-state index is 13.9. The second-order valence-corrected chi connectivity index (χ2v) is 5.73. The van der Waals surface area contributed by atoms with Gasteiger partial charge < -0.3 is 5.11 Å². The van der Waals surface area contributed by atoms with E-state index in [1.54, 1.807) is 42.5 Å². The number of benzene rings is 2. The molecule has 3 rings (SSSR count). The van der Waals surface area contributed by atoms with Crippen LogP contribution in [0.3, 0.4) is 0 Å². The highest BCUT2D eigenvalue weighted by molar-refractivity contribution is 6.30. The molecule has 0 saturated heterocycles. The molecule has 0 amide bonds. The van der Waals surface area contributed by atoms with Gasteiger partial charge >= 0.3 is 0 Å². The minimum Gasteiger partial charge on any atom is -0.386 e. The van der Waals surface area contributed by atoms with Crippen LogP contribution in [-0.4, -0.2) is 14.9 Å². The zero-order chi connectivity index (χ0) is 17.1. The van der Waals surface area contributed by atoms with Gasteiger partial charge in [-0.25, -0.2) is 9.07 Å². The molecule has 0 fully saturated rings. The molecule has 24 heavy (non-hydrogen) atoms. The van der Waals surface area contributed by atoms with Crippen molar-refractivity contribution in [3.05, 3.63) is 87.4 Å². The number of aromatic nitrogens is 2. The van der Waals surface area contributed by atoms with Crippen LogP contribution in [0.2, 0.25) is 5.02 Å². The molecule has 1 unspecified atom stereocenters. The van der Waals surface area contributed by atoms with E-state index >= 15 is 0 Å². The molecule has 0 aliphatic heterocycles. The van der Waals surface area contributed by atoms with Crippen LogP contribution < -0.4 is 5.56 Å². The molecule has 0 aliphatic carbocycles. The summed E-state index contributed by atoms with van der Waals surface area (Å²) in [5, 5.41) is 15.0. The van der Waals surface area contributed by atoms with E-state index in [1.165, 1.54) is 18.2 Å². The summed E-state index contributed by atoms with van der Waals surface area (Å²) in [6.45, 7) is -0.0541. The predicted molar refractivity (Wildman–Crippen MR) is 90.3 cm³/mol. The highest BCUT2D eigenvalue weighted by Crippen LogP contribution is 2.21. The average Bonchev–Trinajstić information content (AvgIpc) is 2.57. The fourth-order valence-corrected chi connectivity index (χ4v) is 2.57. The molecule has 1 N–H and O–H groups in total. The maximum Gasteiger partial charge on any atom is 0.266 e. The normalized spacial score (nSPS) is 12.1. The van der Waals surface area contributed by atoms with E-state index in [0.717, 1.165) is 4.68 Å². The first-order valence-electron chi connectivity index (χ1n) is 7.31. The van der Waals surface area contributed by atoms with Gasteiger partial charge in [-0.15, -0.1) is 0 Å². The van der Waals surface area contributed by atoms with Gasteiger partial charge in [-0.3, -0.25) is 4.79 Å². The van der Waals surface area contributed by atoms with E-state index in [1.807, 2.05) is 0 Å². The molecule has 0 spiro atoms. The van der Waals surface area contributed by atoms with E-state index < -0.39 is 11.9 Å². The second-order valence-electron chi connectivity index (χ2n) is 5.29. The Bertz CT molecular complexity index is 927. The largest absolute Gasteiger partial charge is 0.386 e.